The maximum Gasteiger partial charge on any atom is 0.416 e. The molecule has 1 aromatic rings. The summed E-state index contributed by atoms with van der Waals surface area (Å²) in [6.45, 7) is 3.02. The molecule has 0 aromatic heterocycles. The standard InChI is InChI=1S/C16H22F3NS/c1-2-8-20-14(15-7-4-9-21-15)11-12-5-3-6-13(10-12)16(17,18)19/h3,5-6,10,14-15,20H,2,4,7-9,11H2,1H3. The summed E-state index contributed by atoms with van der Waals surface area (Å²) in [4.78, 5) is 0. The van der Waals surface area contributed by atoms with E-state index in [0.717, 1.165) is 36.8 Å². The summed E-state index contributed by atoms with van der Waals surface area (Å²) in [6, 6.07) is 6.01. The molecule has 0 amide bonds. The number of benzene rings is 1. The molecule has 0 radical (unpaired) electrons. The molecule has 1 fully saturated rings. The van der Waals surface area contributed by atoms with Gasteiger partial charge in [0, 0.05) is 11.3 Å². The zero-order chi connectivity index (χ0) is 15.3. The van der Waals surface area contributed by atoms with Gasteiger partial charge in [-0.2, -0.15) is 24.9 Å². The van der Waals surface area contributed by atoms with Crippen LogP contribution in [0.25, 0.3) is 0 Å². The highest BCUT2D eigenvalue weighted by Gasteiger charge is 2.31. The fraction of sp³-hybridized carbons (Fsp3) is 0.625. The van der Waals surface area contributed by atoms with Gasteiger partial charge in [-0.15, -0.1) is 0 Å². The van der Waals surface area contributed by atoms with Crippen LogP contribution < -0.4 is 5.32 Å². The van der Waals surface area contributed by atoms with Crippen molar-refractivity contribution >= 4 is 11.8 Å². The van der Waals surface area contributed by atoms with Crippen molar-refractivity contribution in [2.45, 2.75) is 50.1 Å². The maximum absolute atomic E-state index is 12.8. The highest BCUT2D eigenvalue weighted by Crippen LogP contribution is 2.32. The first-order valence-corrected chi connectivity index (χ1v) is 8.56. The van der Waals surface area contributed by atoms with Gasteiger partial charge in [-0.25, -0.2) is 0 Å². The minimum atomic E-state index is -4.26. The van der Waals surface area contributed by atoms with Gasteiger partial charge >= 0.3 is 6.18 Å². The van der Waals surface area contributed by atoms with Crippen molar-refractivity contribution in [3.63, 3.8) is 0 Å². The predicted molar refractivity (Wildman–Crippen MR) is 82.7 cm³/mol. The van der Waals surface area contributed by atoms with Crippen LogP contribution in [-0.2, 0) is 12.6 Å². The molecular weight excluding hydrogens is 295 g/mol. The molecule has 0 saturated carbocycles. The molecule has 0 spiro atoms. The van der Waals surface area contributed by atoms with E-state index in [1.165, 1.54) is 18.6 Å². The van der Waals surface area contributed by atoms with Crippen LogP contribution in [0.1, 0.15) is 37.3 Å². The third kappa shape index (κ3) is 4.92. The van der Waals surface area contributed by atoms with Crippen LogP contribution in [0.5, 0.6) is 0 Å². The summed E-state index contributed by atoms with van der Waals surface area (Å²) in [5, 5.41) is 4.04. The molecule has 2 atom stereocenters. The van der Waals surface area contributed by atoms with Crippen molar-refractivity contribution in [3.05, 3.63) is 35.4 Å². The van der Waals surface area contributed by atoms with Crippen molar-refractivity contribution in [1.82, 2.24) is 5.32 Å². The second kappa shape index (κ2) is 7.54. The largest absolute Gasteiger partial charge is 0.416 e. The van der Waals surface area contributed by atoms with E-state index in [1.807, 2.05) is 11.8 Å². The minimum absolute atomic E-state index is 0.265. The lowest BCUT2D eigenvalue weighted by atomic mass is 9.99. The van der Waals surface area contributed by atoms with Gasteiger partial charge in [-0.05, 0) is 49.6 Å². The maximum atomic E-state index is 12.8. The van der Waals surface area contributed by atoms with Gasteiger partial charge in [-0.1, -0.05) is 25.1 Å². The number of alkyl halides is 3. The lowest BCUT2D eigenvalue weighted by Gasteiger charge is -2.24. The molecule has 118 valence electrons. The van der Waals surface area contributed by atoms with E-state index in [9.17, 15) is 13.2 Å². The van der Waals surface area contributed by atoms with Gasteiger partial charge in [0.25, 0.3) is 0 Å². The molecule has 21 heavy (non-hydrogen) atoms. The molecule has 2 unspecified atom stereocenters. The molecule has 1 aliphatic rings. The Morgan fingerprint density at radius 2 is 2.19 bits per heavy atom. The van der Waals surface area contributed by atoms with Crippen LogP contribution >= 0.6 is 11.8 Å². The molecule has 1 nitrogen and oxygen atoms in total. The van der Waals surface area contributed by atoms with Gasteiger partial charge < -0.3 is 5.32 Å². The SMILES string of the molecule is CCCNC(Cc1cccc(C(F)(F)F)c1)C1CCCS1. The van der Waals surface area contributed by atoms with Gasteiger partial charge in [0.2, 0.25) is 0 Å². The first-order valence-electron chi connectivity index (χ1n) is 7.52. The van der Waals surface area contributed by atoms with E-state index in [-0.39, 0.29) is 6.04 Å². The first kappa shape index (κ1) is 16.7. The molecule has 5 heteroatoms. The summed E-state index contributed by atoms with van der Waals surface area (Å²) in [5.41, 5.74) is 0.222. The van der Waals surface area contributed by atoms with Crippen LogP contribution in [-0.4, -0.2) is 23.6 Å². The summed E-state index contributed by atoms with van der Waals surface area (Å²) in [6.07, 6.45) is -0.185. The van der Waals surface area contributed by atoms with E-state index < -0.39 is 11.7 Å². The fourth-order valence-electron chi connectivity index (χ4n) is 2.71. The Hall–Kier alpha value is -0.680. The molecule has 1 aromatic carbocycles. The number of hydrogen-bond acceptors (Lipinski definition) is 2. The molecule has 0 bridgehead atoms. The van der Waals surface area contributed by atoms with Crippen molar-refractivity contribution in [1.29, 1.82) is 0 Å². The molecule has 1 saturated heterocycles. The quantitative estimate of drug-likeness (QED) is 0.828. The Balaban J connectivity index is 2.08. The van der Waals surface area contributed by atoms with Crippen LogP contribution in [0.3, 0.4) is 0 Å². The summed E-state index contributed by atoms with van der Waals surface area (Å²) in [5.74, 6) is 1.16. The Bertz CT molecular complexity index is 441. The van der Waals surface area contributed by atoms with Crippen LogP contribution in [0.4, 0.5) is 13.2 Å². The Kier molecular flexibility index (Phi) is 5.99. The minimum Gasteiger partial charge on any atom is -0.313 e. The Morgan fingerprint density at radius 1 is 1.38 bits per heavy atom. The lowest BCUT2D eigenvalue weighted by Crippen LogP contribution is -2.39. The third-order valence-corrected chi connectivity index (χ3v) is 5.30. The van der Waals surface area contributed by atoms with Crippen LogP contribution in [0, 0.1) is 0 Å². The van der Waals surface area contributed by atoms with E-state index >= 15 is 0 Å². The monoisotopic (exact) mass is 317 g/mol. The van der Waals surface area contributed by atoms with E-state index in [4.69, 9.17) is 0 Å². The number of hydrogen-bond donors (Lipinski definition) is 1. The van der Waals surface area contributed by atoms with Crippen LogP contribution in [0.2, 0.25) is 0 Å². The summed E-state index contributed by atoms with van der Waals surface area (Å²) < 4.78 is 38.4. The highest BCUT2D eigenvalue weighted by atomic mass is 32.2. The van der Waals surface area contributed by atoms with Gasteiger partial charge in [-0.3, -0.25) is 0 Å². The number of nitrogens with one attached hydrogen (secondary N) is 1. The average molecular weight is 317 g/mol. The van der Waals surface area contributed by atoms with Crippen molar-refractivity contribution in [2.24, 2.45) is 0 Å². The lowest BCUT2D eigenvalue weighted by molar-refractivity contribution is -0.137. The van der Waals surface area contributed by atoms with Crippen LogP contribution in [0.15, 0.2) is 24.3 Å². The molecule has 2 rings (SSSR count). The normalized spacial score (nSPS) is 20.7. The molecule has 1 heterocycles. The number of rotatable bonds is 6. The van der Waals surface area contributed by atoms with Gasteiger partial charge in [0.05, 0.1) is 5.56 Å². The summed E-state index contributed by atoms with van der Waals surface area (Å²) in [7, 11) is 0. The zero-order valence-electron chi connectivity index (χ0n) is 12.2. The van der Waals surface area contributed by atoms with Crippen molar-refractivity contribution < 1.29 is 13.2 Å². The fourth-order valence-corrected chi connectivity index (χ4v) is 4.11. The predicted octanol–water partition coefficient (Wildman–Crippen LogP) is 4.51. The molecule has 1 N–H and O–H groups in total. The molecule has 0 aliphatic carbocycles. The van der Waals surface area contributed by atoms with E-state index in [1.54, 1.807) is 6.07 Å². The smallest absolute Gasteiger partial charge is 0.313 e. The highest BCUT2D eigenvalue weighted by molar-refractivity contribution is 8.00. The second-order valence-corrected chi connectivity index (χ2v) is 6.86. The van der Waals surface area contributed by atoms with Gasteiger partial charge in [0.1, 0.15) is 0 Å². The third-order valence-electron chi connectivity index (χ3n) is 3.78. The molecule has 1 aliphatic heterocycles. The Morgan fingerprint density at radius 3 is 2.81 bits per heavy atom. The van der Waals surface area contributed by atoms with E-state index in [0.29, 0.717) is 11.7 Å². The average Bonchev–Trinajstić information content (AvgIpc) is 2.97. The number of halogens is 3. The van der Waals surface area contributed by atoms with Gasteiger partial charge in [0.15, 0.2) is 0 Å². The van der Waals surface area contributed by atoms with Crippen molar-refractivity contribution in [2.75, 3.05) is 12.3 Å². The summed E-state index contributed by atoms with van der Waals surface area (Å²) >= 11 is 1.95. The van der Waals surface area contributed by atoms with Crippen molar-refractivity contribution in [3.8, 4) is 0 Å². The first-order chi connectivity index (χ1) is 10.0. The van der Waals surface area contributed by atoms with E-state index in [2.05, 4.69) is 12.2 Å². The topological polar surface area (TPSA) is 12.0 Å². The number of thioether (sulfide) groups is 1. The zero-order valence-corrected chi connectivity index (χ0v) is 13.1. The molecular formula is C16H22F3NS. The second-order valence-electron chi connectivity index (χ2n) is 5.51. The Labute approximate surface area is 128 Å².